The van der Waals surface area contributed by atoms with Crippen molar-refractivity contribution in [3.8, 4) is 0 Å². The van der Waals surface area contributed by atoms with Gasteiger partial charge >= 0.3 is 0 Å². The number of nitrogens with zero attached hydrogens (tertiary/aromatic N) is 1. The second-order valence-corrected chi connectivity index (χ2v) is 5.63. The fraction of sp³-hybridized carbons (Fsp3) is 0.600. The lowest BCUT2D eigenvalue weighted by atomic mass is 10.0. The van der Waals surface area contributed by atoms with Crippen molar-refractivity contribution in [2.24, 2.45) is 0 Å². The highest BCUT2D eigenvalue weighted by molar-refractivity contribution is 7.98. The van der Waals surface area contributed by atoms with Gasteiger partial charge < -0.3 is 10.2 Å². The molecule has 0 aliphatic heterocycles. The molecule has 1 N–H and O–H groups in total. The molecule has 2 atom stereocenters. The van der Waals surface area contributed by atoms with Gasteiger partial charge in [0.15, 0.2) is 0 Å². The Morgan fingerprint density at radius 2 is 2.00 bits per heavy atom. The molecule has 0 spiro atoms. The Hall–Kier alpha value is -0.670. The number of para-hydroxylation sites is 1. The van der Waals surface area contributed by atoms with E-state index in [0.29, 0.717) is 12.1 Å². The van der Waals surface area contributed by atoms with Gasteiger partial charge in [0.2, 0.25) is 0 Å². The molecule has 2 nitrogen and oxygen atoms in total. The Labute approximate surface area is 116 Å². The number of anilines is 1. The Kier molecular flexibility index (Phi) is 6.58. The summed E-state index contributed by atoms with van der Waals surface area (Å²) in [5.41, 5.74) is 2.75. The molecule has 0 saturated heterocycles. The van der Waals surface area contributed by atoms with Gasteiger partial charge in [-0.3, -0.25) is 0 Å². The minimum Gasteiger partial charge on any atom is -0.371 e. The maximum absolute atomic E-state index is 3.40. The van der Waals surface area contributed by atoms with Gasteiger partial charge in [0.1, 0.15) is 0 Å². The van der Waals surface area contributed by atoms with Gasteiger partial charge in [-0.15, -0.1) is 0 Å². The molecule has 0 radical (unpaired) electrons. The first-order valence-electron chi connectivity index (χ1n) is 6.63. The average Bonchev–Trinajstić information content (AvgIpc) is 2.40. The van der Waals surface area contributed by atoms with Crippen molar-refractivity contribution in [1.82, 2.24) is 5.32 Å². The van der Waals surface area contributed by atoms with Crippen molar-refractivity contribution in [3.05, 3.63) is 29.8 Å². The van der Waals surface area contributed by atoms with Crippen molar-refractivity contribution in [1.29, 1.82) is 0 Å². The van der Waals surface area contributed by atoms with E-state index in [0.717, 1.165) is 12.2 Å². The first-order valence-corrected chi connectivity index (χ1v) is 8.03. The molecule has 18 heavy (non-hydrogen) atoms. The predicted octanol–water partition coefficient (Wildman–Crippen LogP) is 3.54. The second kappa shape index (κ2) is 7.70. The molecule has 0 bridgehead atoms. The Bertz CT molecular complexity index is 350. The van der Waals surface area contributed by atoms with Crippen LogP contribution in [0.3, 0.4) is 0 Å². The van der Waals surface area contributed by atoms with E-state index in [4.69, 9.17) is 0 Å². The molecule has 0 heterocycles. The molecule has 2 unspecified atom stereocenters. The third-order valence-electron chi connectivity index (χ3n) is 3.52. The lowest BCUT2D eigenvalue weighted by Crippen LogP contribution is -2.32. The van der Waals surface area contributed by atoms with Crippen molar-refractivity contribution < 1.29 is 0 Å². The maximum Gasteiger partial charge on any atom is 0.0414 e. The van der Waals surface area contributed by atoms with Crippen LogP contribution in [0, 0.1) is 0 Å². The fourth-order valence-electron chi connectivity index (χ4n) is 2.27. The van der Waals surface area contributed by atoms with E-state index in [1.54, 1.807) is 0 Å². The van der Waals surface area contributed by atoms with Crippen LogP contribution < -0.4 is 10.2 Å². The van der Waals surface area contributed by atoms with Gasteiger partial charge in [0.05, 0.1) is 0 Å². The van der Waals surface area contributed by atoms with Crippen LogP contribution in [0.4, 0.5) is 5.69 Å². The molecule has 3 heteroatoms. The summed E-state index contributed by atoms with van der Waals surface area (Å²) in [6, 6.07) is 9.71. The summed E-state index contributed by atoms with van der Waals surface area (Å²) < 4.78 is 0. The van der Waals surface area contributed by atoms with E-state index in [1.807, 2.05) is 18.8 Å². The summed E-state index contributed by atoms with van der Waals surface area (Å²) in [5.74, 6) is 1.15. The van der Waals surface area contributed by atoms with E-state index in [9.17, 15) is 0 Å². The number of hydrogen-bond donors (Lipinski definition) is 1. The van der Waals surface area contributed by atoms with E-state index >= 15 is 0 Å². The van der Waals surface area contributed by atoms with Crippen LogP contribution in [0.2, 0.25) is 0 Å². The number of thioether (sulfide) groups is 1. The highest BCUT2D eigenvalue weighted by Crippen LogP contribution is 2.28. The van der Waals surface area contributed by atoms with Gasteiger partial charge in [-0.2, -0.15) is 11.8 Å². The first kappa shape index (κ1) is 15.4. The van der Waals surface area contributed by atoms with Crippen molar-refractivity contribution in [2.75, 3.05) is 31.0 Å². The van der Waals surface area contributed by atoms with E-state index in [2.05, 4.69) is 61.6 Å². The molecular formula is C15H26N2S. The molecule has 1 rings (SSSR count). The van der Waals surface area contributed by atoms with Crippen LogP contribution in [0.1, 0.15) is 31.9 Å². The quantitative estimate of drug-likeness (QED) is 0.812. The van der Waals surface area contributed by atoms with Crippen molar-refractivity contribution in [2.45, 2.75) is 32.4 Å². The van der Waals surface area contributed by atoms with E-state index in [-0.39, 0.29) is 0 Å². The molecule has 0 saturated carbocycles. The molecule has 0 amide bonds. The van der Waals surface area contributed by atoms with Gasteiger partial charge in [0, 0.05) is 30.6 Å². The van der Waals surface area contributed by atoms with Gasteiger partial charge in [0.25, 0.3) is 0 Å². The molecule has 1 aromatic rings. The predicted molar refractivity (Wildman–Crippen MR) is 84.8 cm³/mol. The highest BCUT2D eigenvalue weighted by Gasteiger charge is 2.16. The Morgan fingerprint density at radius 3 is 2.56 bits per heavy atom. The van der Waals surface area contributed by atoms with Gasteiger partial charge in [-0.1, -0.05) is 25.1 Å². The normalized spacial score (nSPS) is 14.3. The standard InChI is InChI=1S/C15H26N2S/c1-6-14(16-3)13-9-7-8-10-15(13)17(4)12(2)11-18-5/h7-10,12,14,16H,6,11H2,1-5H3. The monoisotopic (exact) mass is 266 g/mol. The molecule has 1 aromatic carbocycles. The molecule has 0 aliphatic rings. The maximum atomic E-state index is 3.40. The van der Waals surface area contributed by atoms with Crippen LogP contribution >= 0.6 is 11.8 Å². The third-order valence-corrected chi connectivity index (χ3v) is 4.33. The van der Waals surface area contributed by atoms with Crippen LogP contribution in [0.5, 0.6) is 0 Å². The van der Waals surface area contributed by atoms with E-state index in [1.165, 1.54) is 11.3 Å². The molecular weight excluding hydrogens is 240 g/mol. The van der Waals surface area contributed by atoms with Crippen LogP contribution in [-0.2, 0) is 0 Å². The molecule has 0 fully saturated rings. The fourth-order valence-corrected chi connectivity index (χ4v) is 2.98. The SMILES string of the molecule is CCC(NC)c1ccccc1N(C)C(C)CSC. The van der Waals surface area contributed by atoms with Crippen LogP contribution in [0.25, 0.3) is 0 Å². The van der Waals surface area contributed by atoms with Crippen LogP contribution in [0.15, 0.2) is 24.3 Å². The number of nitrogens with one attached hydrogen (secondary N) is 1. The average molecular weight is 266 g/mol. The number of hydrogen-bond acceptors (Lipinski definition) is 3. The Balaban J connectivity index is 3.00. The summed E-state index contributed by atoms with van der Waals surface area (Å²) in [7, 11) is 4.23. The zero-order chi connectivity index (χ0) is 13.5. The smallest absolute Gasteiger partial charge is 0.0414 e. The second-order valence-electron chi connectivity index (χ2n) is 4.72. The number of benzene rings is 1. The zero-order valence-electron chi connectivity index (χ0n) is 12.2. The number of rotatable bonds is 7. The van der Waals surface area contributed by atoms with E-state index < -0.39 is 0 Å². The lowest BCUT2D eigenvalue weighted by Gasteiger charge is -2.30. The highest BCUT2D eigenvalue weighted by atomic mass is 32.2. The minimum absolute atomic E-state index is 0.435. The molecule has 0 aliphatic carbocycles. The largest absolute Gasteiger partial charge is 0.371 e. The third kappa shape index (κ3) is 3.66. The summed E-state index contributed by atoms with van der Waals surface area (Å²) in [4.78, 5) is 2.39. The van der Waals surface area contributed by atoms with Crippen molar-refractivity contribution >= 4 is 17.4 Å². The Morgan fingerprint density at radius 1 is 1.33 bits per heavy atom. The van der Waals surface area contributed by atoms with Crippen LogP contribution in [-0.4, -0.2) is 32.1 Å². The molecule has 0 aromatic heterocycles. The van der Waals surface area contributed by atoms with Gasteiger partial charge in [-0.25, -0.2) is 0 Å². The molecule has 102 valence electrons. The first-order chi connectivity index (χ1) is 8.65. The topological polar surface area (TPSA) is 15.3 Å². The summed E-state index contributed by atoms with van der Waals surface area (Å²) in [5, 5.41) is 3.40. The van der Waals surface area contributed by atoms with Gasteiger partial charge in [-0.05, 0) is 38.3 Å². The lowest BCUT2D eigenvalue weighted by molar-refractivity contribution is 0.574. The zero-order valence-corrected chi connectivity index (χ0v) is 13.1. The van der Waals surface area contributed by atoms with Crippen molar-refractivity contribution in [3.63, 3.8) is 0 Å². The summed E-state index contributed by atoms with van der Waals surface area (Å²) in [6.45, 7) is 4.51. The summed E-state index contributed by atoms with van der Waals surface area (Å²) >= 11 is 1.90. The summed E-state index contributed by atoms with van der Waals surface area (Å²) in [6.07, 6.45) is 3.27. The minimum atomic E-state index is 0.435.